The highest BCUT2D eigenvalue weighted by molar-refractivity contribution is 9.10. The highest BCUT2D eigenvalue weighted by atomic mass is 79.9. The number of pyridine rings is 1. The minimum atomic E-state index is 0.556. The van der Waals surface area contributed by atoms with Crippen molar-refractivity contribution in [1.82, 2.24) is 4.98 Å². The Hall–Kier alpha value is -0.830. The van der Waals surface area contributed by atoms with Crippen molar-refractivity contribution >= 4 is 15.9 Å². The van der Waals surface area contributed by atoms with Gasteiger partial charge in [0.15, 0.2) is 5.75 Å². The second-order valence-electron chi connectivity index (χ2n) is 2.68. The Kier molecular flexibility index (Phi) is 3.96. The standard InChI is InChI=1S/C10H12BrNO/c1-3-8(2)7-13-9-5-4-6-12-10(9)11/h4-6H,2-3,7H2,1H3. The number of ether oxygens (including phenoxy) is 1. The molecule has 1 heterocycles. The van der Waals surface area contributed by atoms with E-state index in [-0.39, 0.29) is 0 Å². The van der Waals surface area contributed by atoms with Crippen molar-refractivity contribution in [3.63, 3.8) is 0 Å². The number of nitrogens with zero attached hydrogens (tertiary/aromatic N) is 1. The number of rotatable bonds is 4. The highest BCUT2D eigenvalue weighted by Gasteiger charge is 2.00. The van der Waals surface area contributed by atoms with E-state index < -0.39 is 0 Å². The van der Waals surface area contributed by atoms with Gasteiger partial charge in [-0.15, -0.1) is 0 Å². The molecule has 0 fully saturated rings. The Morgan fingerprint density at radius 2 is 2.46 bits per heavy atom. The van der Waals surface area contributed by atoms with Crippen molar-refractivity contribution in [3.8, 4) is 5.75 Å². The summed E-state index contributed by atoms with van der Waals surface area (Å²) in [5.41, 5.74) is 1.08. The minimum Gasteiger partial charge on any atom is -0.486 e. The molecule has 1 rings (SSSR count). The lowest BCUT2D eigenvalue weighted by atomic mass is 10.2. The second kappa shape index (κ2) is 5.02. The smallest absolute Gasteiger partial charge is 0.152 e. The average molecular weight is 242 g/mol. The number of hydrogen-bond acceptors (Lipinski definition) is 2. The Morgan fingerprint density at radius 3 is 3.08 bits per heavy atom. The quantitative estimate of drug-likeness (QED) is 0.597. The average Bonchev–Trinajstić information content (AvgIpc) is 2.16. The first-order valence-electron chi connectivity index (χ1n) is 4.14. The van der Waals surface area contributed by atoms with Crippen LogP contribution < -0.4 is 4.74 Å². The SMILES string of the molecule is C=C(CC)COc1cccnc1Br. The third kappa shape index (κ3) is 3.19. The van der Waals surface area contributed by atoms with Crippen LogP contribution in [0.5, 0.6) is 5.75 Å². The van der Waals surface area contributed by atoms with Gasteiger partial charge in [-0.1, -0.05) is 13.5 Å². The first-order chi connectivity index (χ1) is 6.24. The van der Waals surface area contributed by atoms with Crippen LogP contribution in [-0.4, -0.2) is 11.6 Å². The van der Waals surface area contributed by atoms with Crippen LogP contribution >= 0.6 is 15.9 Å². The fraction of sp³-hybridized carbons (Fsp3) is 0.300. The van der Waals surface area contributed by atoms with E-state index in [9.17, 15) is 0 Å². The molecule has 0 aliphatic rings. The Morgan fingerprint density at radius 1 is 1.69 bits per heavy atom. The van der Waals surface area contributed by atoms with Gasteiger partial charge in [0.05, 0.1) is 0 Å². The molecule has 1 aromatic heterocycles. The molecule has 0 atom stereocenters. The first kappa shape index (κ1) is 10.3. The van der Waals surface area contributed by atoms with Gasteiger partial charge in [-0.2, -0.15) is 0 Å². The Bertz CT molecular complexity index is 299. The molecule has 0 saturated carbocycles. The van der Waals surface area contributed by atoms with E-state index in [1.165, 1.54) is 0 Å². The zero-order chi connectivity index (χ0) is 9.68. The van der Waals surface area contributed by atoms with Gasteiger partial charge >= 0.3 is 0 Å². The van der Waals surface area contributed by atoms with Crippen LogP contribution in [0.4, 0.5) is 0 Å². The van der Waals surface area contributed by atoms with E-state index in [1.807, 2.05) is 12.1 Å². The predicted octanol–water partition coefficient (Wildman–Crippen LogP) is 3.19. The summed E-state index contributed by atoms with van der Waals surface area (Å²) in [6, 6.07) is 3.72. The van der Waals surface area contributed by atoms with Crippen LogP contribution in [0, 0.1) is 0 Å². The summed E-state index contributed by atoms with van der Waals surface area (Å²) in [6.45, 7) is 6.47. The van der Waals surface area contributed by atoms with E-state index in [1.54, 1.807) is 6.20 Å². The molecule has 2 nitrogen and oxygen atoms in total. The molecule has 1 aromatic rings. The molecule has 0 unspecified atom stereocenters. The van der Waals surface area contributed by atoms with E-state index in [2.05, 4.69) is 34.4 Å². The van der Waals surface area contributed by atoms with Gasteiger partial charge in [0.2, 0.25) is 0 Å². The maximum atomic E-state index is 5.48. The summed E-state index contributed by atoms with van der Waals surface area (Å²) >= 11 is 3.30. The molecule has 0 aromatic carbocycles. The number of halogens is 1. The molecule has 0 bridgehead atoms. The third-order valence-corrected chi connectivity index (χ3v) is 2.25. The molecular weight excluding hydrogens is 230 g/mol. The van der Waals surface area contributed by atoms with Gasteiger partial charge < -0.3 is 4.74 Å². The topological polar surface area (TPSA) is 22.1 Å². The predicted molar refractivity (Wildman–Crippen MR) is 56.9 cm³/mol. The van der Waals surface area contributed by atoms with E-state index in [4.69, 9.17) is 4.74 Å². The molecule has 0 aliphatic heterocycles. The van der Waals surface area contributed by atoms with Gasteiger partial charge in [0.25, 0.3) is 0 Å². The number of aromatic nitrogens is 1. The van der Waals surface area contributed by atoms with Gasteiger partial charge in [-0.05, 0) is 40.1 Å². The van der Waals surface area contributed by atoms with Crippen molar-refractivity contribution in [2.75, 3.05) is 6.61 Å². The monoisotopic (exact) mass is 241 g/mol. The van der Waals surface area contributed by atoms with Crippen LogP contribution in [-0.2, 0) is 0 Å². The Labute approximate surface area is 86.8 Å². The molecule has 70 valence electrons. The number of hydrogen-bond donors (Lipinski definition) is 0. The van der Waals surface area contributed by atoms with E-state index in [0.29, 0.717) is 6.61 Å². The van der Waals surface area contributed by atoms with Crippen molar-refractivity contribution in [2.24, 2.45) is 0 Å². The molecule has 0 saturated heterocycles. The van der Waals surface area contributed by atoms with Crippen molar-refractivity contribution in [3.05, 3.63) is 35.1 Å². The van der Waals surface area contributed by atoms with E-state index >= 15 is 0 Å². The van der Waals surface area contributed by atoms with Gasteiger partial charge in [0, 0.05) is 6.20 Å². The summed E-state index contributed by atoms with van der Waals surface area (Å²) in [7, 11) is 0. The first-order valence-corrected chi connectivity index (χ1v) is 4.93. The second-order valence-corrected chi connectivity index (χ2v) is 3.44. The fourth-order valence-electron chi connectivity index (χ4n) is 0.761. The molecular formula is C10H12BrNO. The van der Waals surface area contributed by atoms with E-state index in [0.717, 1.165) is 22.3 Å². The zero-order valence-corrected chi connectivity index (χ0v) is 9.17. The normalized spacial score (nSPS) is 9.69. The lowest BCUT2D eigenvalue weighted by molar-refractivity contribution is 0.345. The summed E-state index contributed by atoms with van der Waals surface area (Å²) in [4.78, 5) is 4.04. The highest BCUT2D eigenvalue weighted by Crippen LogP contribution is 2.21. The molecule has 0 radical (unpaired) electrons. The summed E-state index contributed by atoms with van der Waals surface area (Å²) in [6.07, 6.45) is 2.66. The summed E-state index contributed by atoms with van der Waals surface area (Å²) in [5, 5.41) is 0. The van der Waals surface area contributed by atoms with Crippen molar-refractivity contribution in [1.29, 1.82) is 0 Å². The van der Waals surface area contributed by atoms with Gasteiger partial charge in [-0.3, -0.25) is 0 Å². The molecule has 3 heteroatoms. The summed E-state index contributed by atoms with van der Waals surface area (Å²) in [5.74, 6) is 0.761. The molecule has 13 heavy (non-hydrogen) atoms. The van der Waals surface area contributed by atoms with Crippen LogP contribution in [0.25, 0.3) is 0 Å². The molecule has 0 amide bonds. The lowest BCUT2D eigenvalue weighted by Gasteiger charge is -2.07. The van der Waals surface area contributed by atoms with Crippen LogP contribution in [0.3, 0.4) is 0 Å². The Balaban J connectivity index is 2.54. The van der Waals surface area contributed by atoms with Crippen molar-refractivity contribution < 1.29 is 4.74 Å². The molecule has 0 N–H and O–H groups in total. The van der Waals surface area contributed by atoms with Gasteiger partial charge in [0.1, 0.15) is 11.2 Å². The third-order valence-electron chi connectivity index (χ3n) is 1.66. The maximum absolute atomic E-state index is 5.48. The zero-order valence-electron chi connectivity index (χ0n) is 7.59. The molecule has 0 spiro atoms. The van der Waals surface area contributed by atoms with Gasteiger partial charge in [-0.25, -0.2) is 4.98 Å². The van der Waals surface area contributed by atoms with Crippen LogP contribution in [0.15, 0.2) is 35.1 Å². The minimum absolute atomic E-state index is 0.556. The largest absolute Gasteiger partial charge is 0.486 e. The summed E-state index contributed by atoms with van der Waals surface area (Å²) < 4.78 is 6.22. The van der Waals surface area contributed by atoms with Crippen LogP contribution in [0.2, 0.25) is 0 Å². The molecule has 0 aliphatic carbocycles. The fourth-order valence-corrected chi connectivity index (χ4v) is 1.13. The lowest BCUT2D eigenvalue weighted by Crippen LogP contribution is -2.00. The van der Waals surface area contributed by atoms with Crippen LogP contribution in [0.1, 0.15) is 13.3 Å². The van der Waals surface area contributed by atoms with Crippen molar-refractivity contribution in [2.45, 2.75) is 13.3 Å². The maximum Gasteiger partial charge on any atom is 0.152 e.